The predicted molar refractivity (Wildman–Crippen MR) is 50.4 cm³/mol. The fourth-order valence-electron chi connectivity index (χ4n) is 1.05. The van der Waals surface area contributed by atoms with Crippen molar-refractivity contribution < 1.29 is 0 Å². The van der Waals surface area contributed by atoms with Crippen molar-refractivity contribution in [1.29, 1.82) is 0 Å². The smallest absolute Gasteiger partial charge is 0.262 e. The van der Waals surface area contributed by atoms with E-state index >= 15 is 0 Å². The monoisotopic (exact) mass is 178 g/mol. The van der Waals surface area contributed by atoms with Crippen LogP contribution in [-0.2, 0) is 0 Å². The van der Waals surface area contributed by atoms with Gasteiger partial charge < -0.3 is 0 Å². The van der Waals surface area contributed by atoms with Crippen LogP contribution in [0.3, 0.4) is 0 Å². The van der Waals surface area contributed by atoms with Crippen molar-refractivity contribution >= 4 is 23.8 Å². The van der Waals surface area contributed by atoms with Crippen molar-refractivity contribution in [2.24, 2.45) is 0 Å². The van der Waals surface area contributed by atoms with E-state index in [2.05, 4.69) is 17.8 Å². The zero-order chi connectivity index (χ0) is 8.55. The quantitative estimate of drug-likeness (QED) is 0.613. The highest BCUT2D eigenvalue weighted by Gasteiger charge is 1.97. The van der Waals surface area contributed by atoms with Gasteiger partial charge >= 0.3 is 0 Å². The Morgan fingerprint density at radius 2 is 2.17 bits per heavy atom. The molecule has 0 aromatic carbocycles. The third-order valence-corrected chi connectivity index (χ3v) is 2.02. The van der Waals surface area contributed by atoms with Crippen LogP contribution in [0.25, 0.3) is 11.0 Å². The summed E-state index contributed by atoms with van der Waals surface area (Å²) in [4.78, 5) is 15.1. The van der Waals surface area contributed by atoms with Crippen molar-refractivity contribution in [3.63, 3.8) is 0 Å². The molecule has 0 saturated carbocycles. The molecule has 0 saturated heterocycles. The molecular weight excluding hydrogens is 172 g/mol. The van der Waals surface area contributed by atoms with Crippen molar-refractivity contribution in [1.82, 2.24) is 8.96 Å². The summed E-state index contributed by atoms with van der Waals surface area (Å²) in [7, 11) is 0. The molecule has 0 aliphatic rings. The zero-order valence-corrected chi connectivity index (χ0v) is 7.03. The standard InChI is InChI=1S/C8H6N2OS/c11-7-4-3-6-2-1-5-9-8(6)10(7)12/h1-5,12H. The zero-order valence-electron chi connectivity index (χ0n) is 6.14. The van der Waals surface area contributed by atoms with Gasteiger partial charge in [-0.3, -0.25) is 4.79 Å². The van der Waals surface area contributed by atoms with Crippen LogP contribution >= 0.6 is 12.8 Å². The van der Waals surface area contributed by atoms with E-state index in [4.69, 9.17) is 0 Å². The lowest BCUT2D eigenvalue weighted by Crippen LogP contribution is -2.11. The summed E-state index contributed by atoms with van der Waals surface area (Å²) in [5, 5.41) is 0.909. The van der Waals surface area contributed by atoms with Gasteiger partial charge in [0.1, 0.15) is 0 Å². The van der Waals surface area contributed by atoms with E-state index in [1.165, 1.54) is 10.0 Å². The maximum Gasteiger partial charge on any atom is 0.262 e. The van der Waals surface area contributed by atoms with E-state index in [9.17, 15) is 4.79 Å². The molecule has 0 bridgehead atoms. The number of fused-ring (bicyclic) bond motifs is 1. The van der Waals surface area contributed by atoms with Crippen LogP contribution in [0.2, 0.25) is 0 Å². The minimum absolute atomic E-state index is 0.162. The average molecular weight is 178 g/mol. The number of pyridine rings is 2. The lowest BCUT2D eigenvalue weighted by molar-refractivity contribution is 1.17. The Bertz CT molecular complexity index is 478. The summed E-state index contributed by atoms with van der Waals surface area (Å²) in [6.07, 6.45) is 1.63. The summed E-state index contributed by atoms with van der Waals surface area (Å²) in [5.74, 6) is 0. The first kappa shape index (κ1) is 7.36. The second-order valence-corrected chi connectivity index (χ2v) is 2.80. The largest absolute Gasteiger partial charge is 0.268 e. The van der Waals surface area contributed by atoms with Gasteiger partial charge in [-0.15, -0.1) is 0 Å². The Kier molecular flexibility index (Phi) is 1.62. The molecule has 2 aromatic heterocycles. The second-order valence-electron chi connectivity index (χ2n) is 2.40. The molecule has 2 heterocycles. The molecule has 4 heteroatoms. The molecule has 0 radical (unpaired) electrons. The molecule has 0 aliphatic carbocycles. The minimum Gasteiger partial charge on any atom is -0.268 e. The second kappa shape index (κ2) is 2.64. The maximum absolute atomic E-state index is 11.1. The Hall–Kier alpha value is -1.29. The van der Waals surface area contributed by atoms with Gasteiger partial charge in [-0.2, -0.15) is 0 Å². The molecule has 0 spiro atoms. The lowest BCUT2D eigenvalue weighted by Gasteiger charge is -1.99. The van der Waals surface area contributed by atoms with Crippen molar-refractivity contribution in [2.45, 2.75) is 0 Å². The summed E-state index contributed by atoms with van der Waals surface area (Å²) < 4.78 is 1.23. The molecule has 3 nitrogen and oxygen atoms in total. The first-order valence-corrected chi connectivity index (χ1v) is 3.85. The lowest BCUT2D eigenvalue weighted by atomic mass is 10.3. The number of thiol groups is 1. The van der Waals surface area contributed by atoms with Gasteiger partial charge in [0.05, 0.1) is 0 Å². The van der Waals surface area contributed by atoms with E-state index in [1.807, 2.05) is 12.1 Å². The van der Waals surface area contributed by atoms with Crippen LogP contribution in [0, 0.1) is 0 Å². The molecule has 60 valence electrons. The molecule has 0 atom stereocenters. The SMILES string of the molecule is O=c1ccc2cccnc2n1S. The first-order chi connectivity index (χ1) is 5.79. The molecule has 0 amide bonds. The molecule has 12 heavy (non-hydrogen) atoms. The average Bonchev–Trinajstić information content (AvgIpc) is 2.12. The fraction of sp³-hybridized carbons (Fsp3) is 0. The molecular formula is C8H6N2OS. The highest BCUT2D eigenvalue weighted by atomic mass is 32.1. The van der Waals surface area contributed by atoms with Crippen LogP contribution in [0.1, 0.15) is 0 Å². The minimum atomic E-state index is -0.162. The van der Waals surface area contributed by atoms with E-state index < -0.39 is 0 Å². The van der Waals surface area contributed by atoms with Gasteiger partial charge in [0.2, 0.25) is 0 Å². The normalized spacial score (nSPS) is 10.4. The maximum atomic E-state index is 11.1. The van der Waals surface area contributed by atoms with E-state index in [1.54, 1.807) is 12.3 Å². The summed E-state index contributed by atoms with van der Waals surface area (Å²) in [6, 6.07) is 6.91. The third-order valence-electron chi connectivity index (χ3n) is 1.63. The van der Waals surface area contributed by atoms with Crippen molar-refractivity contribution in [2.75, 3.05) is 0 Å². The van der Waals surface area contributed by atoms with Crippen molar-refractivity contribution in [3.05, 3.63) is 40.8 Å². The van der Waals surface area contributed by atoms with Crippen LogP contribution in [0.5, 0.6) is 0 Å². The van der Waals surface area contributed by atoms with Gasteiger partial charge in [0, 0.05) is 17.6 Å². The number of hydrogen-bond donors (Lipinski definition) is 1. The van der Waals surface area contributed by atoms with Gasteiger partial charge in [-0.25, -0.2) is 8.96 Å². The number of nitrogens with zero attached hydrogens (tertiary/aromatic N) is 2. The fourth-order valence-corrected chi connectivity index (χ4v) is 1.29. The Labute approximate surface area is 74.2 Å². The van der Waals surface area contributed by atoms with Gasteiger partial charge in [0.15, 0.2) is 5.65 Å². The van der Waals surface area contributed by atoms with Crippen LogP contribution in [0.4, 0.5) is 0 Å². The van der Waals surface area contributed by atoms with E-state index in [0.29, 0.717) is 5.65 Å². The summed E-state index contributed by atoms with van der Waals surface area (Å²) in [5.41, 5.74) is 0.429. The predicted octanol–water partition coefficient (Wildman–Crippen LogP) is 1.09. The Balaban J connectivity index is 3.01. The van der Waals surface area contributed by atoms with Crippen LogP contribution in [-0.4, -0.2) is 8.96 Å². The number of rotatable bonds is 0. The number of hydrogen-bond acceptors (Lipinski definition) is 3. The molecule has 2 aromatic rings. The van der Waals surface area contributed by atoms with Crippen LogP contribution in [0.15, 0.2) is 35.3 Å². The van der Waals surface area contributed by atoms with Crippen molar-refractivity contribution in [3.8, 4) is 0 Å². The molecule has 2 rings (SSSR count). The first-order valence-electron chi connectivity index (χ1n) is 3.45. The Morgan fingerprint density at radius 3 is 3.00 bits per heavy atom. The molecule has 0 fully saturated rings. The van der Waals surface area contributed by atoms with E-state index in [0.717, 1.165) is 5.39 Å². The van der Waals surface area contributed by atoms with Gasteiger partial charge in [-0.05, 0) is 18.2 Å². The molecule has 0 N–H and O–H groups in total. The van der Waals surface area contributed by atoms with Crippen LogP contribution < -0.4 is 5.56 Å². The van der Waals surface area contributed by atoms with E-state index in [-0.39, 0.29) is 5.56 Å². The Morgan fingerprint density at radius 1 is 1.33 bits per heavy atom. The summed E-state index contributed by atoms with van der Waals surface area (Å²) >= 11 is 4.01. The number of aromatic nitrogens is 2. The molecule has 0 unspecified atom stereocenters. The third kappa shape index (κ3) is 1.00. The van der Waals surface area contributed by atoms with Gasteiger partial charge in [-0.1, -0.05) is 12.8 Å². The molecule has 0 aliphatic heterocycles. The van der Waals surface area contributed by atoms with Gasteiger partial charge in [0.25, 0.3) is 5.56 Å². The highest BCUT2D eigenvalue weighted by Crippen LogP contribution is 2.07. The highest BCUT2D eigenvalue weighted by molar-refractivity contribution is 7.78. The topological polar surface area (TPSA) is 34.9 Å². The summed E-state index contributed by atoms with van der Waals surface area (Å²) in [6.45, 7) is 0.